The van der Waals surface area contributed by atoms with Gasteiger partial charge in [0.2, 0.25) is 0 Å². The number of benzene rings is 3. The molecule has 2 fully saturated rings. The molecule has 7 nitrogen and oxygen atoms in total. The molecule has 0 radical (unpaired) electrons. The molecule has 1 amide bonds. The van der Waals surface area contributed by atoms with Crippen molar-refractivity contribution in [1.82, 2.24) is 19.8 Å². The molecular weight excluding hydrogens is 579 g/mol. The van der Waals surface area contributed by atoms with Gasteiger partial charge in [-0.3, -0.25) is 4.79 Å². The molecule has 0 bridgehead atoms. The van der Waals surface area contributed by atoms with E-state index in [1.807, 2.05) is 18.9 Å². The first-order valence-electron chi connectivity index (χ1n) is 14.2. The first-order chi connectivity index (χ1) is 20.6. The second-order valence-corrected chi connectivity index (χ2v) is 11.6. The number of likely N-dealkylation sites (N-methyl/N-ethyl adjacent to an activating group) is 1. The number of carbonyl (C=O) groups excluding carboxylic acids is 1. The van der Waals surface area contributed by atoms with E-state index in [0.29, 0.717) is 40.7 Å². The van der Waals surface area contributed by atoms with Crippen LogP contribution in [-0.2, 0) is 4.79 Å². The van der Waals surface area contributed by atoms with Crippen molar-refractivity contribution < 1.29 is 22.7 Å². The number of piperazine rings is 1. The molecule has 2 saturated heterocycles. The van der Waals surface area contributed by atoms with Gasteiger partial charge in [0, 0.05) is 48.1 Å². The molecule has 2 atom stereocenters. The van der Waals surface area contributed by atoms with Crippen LogP contribution in [0.25, 0.3) is 32.8 Å². The van der Waals surface area contributed by atoms with Gasteiger partial charge in [-0.25, -0.2) is 13.2 Å². The standard InChI is InChI=1S/C32H31ClF3N5O2/c1-18-16-40(31(42)19(2)34)14-15-41(18)30-24-11-10-23(22-8-4-6-20-9-12-25(35)27(33)26(20)22)28(36)29(24)37-32(38-30)43-17-21-7-5-13-39(21)3/h4,6,8-12,18,21H,2,5,7,13-17H2,1,3H3/t18-,21-/m0/s1. The molecule has 0 spiro atoms. The summed E-state index contributed by atoms with van der Waals surface area (Å²) in [5.74, 6) is -2.52. The highest BCUT2D eigenvalue weighted by molar-refractivity contribution is 6.37. The lowest BCUT2D eigenvalue weighted by Gasteiger charge is -2.40. The van der Waals surface area contributed by atoms with Crippen LogP contribution >= 0.6 is 11.6 Å². The summed E-state index contributed by atoms with van der Waals surface area (Å²) in [6.45, 7) is 7.14. The Morgan fingerprint density at radius 1 is 1.09 bits per heavy atom. The van der Waals surface area contributed by atoms with E-state index >= 15 is 4.39 Å². The van der Waals surface area contributed by atoms with Crippen LogP contribution in [0, 0.1) is 11.6 Å². The normalized spacial score (nSPS) is 19.4. The Balaban J connectivity index is 1.46. The van der Waals surface area contributed by atoms with Crippen molar-refractivity contribution in [3.63, 3.8) is 0 Å². The van der Waals surface area contributed by atoms with Crippen molar-refractivity contribution in [1.29, 1.82) is 0 Å². The third-order valence-corrected chi connectivity index (χ3v) is 8.86. The van der Waals surface area contributed by atoms with Crippen LogP contribution in [0.1, 0.15) is 19.8 Å². The minimum Gasteiger partial charge on any atom is -0.462 e. The van der Waals surface area contributed by atoms with Gasteiger partial charge < -0.3 is 19.4 Å². The zero-order valence-corrected chi connectivity index (χ0v) is 24.7. The van der Waals surface area contributed by atoms with Gasteiger partial charge in [-0.2, -0.15) is 9.97 Å². The van der Waals surface area contributed by atoms with Crippen LogP contribution in [0.15, 0.2) is 54.9 Å². The molecule has 0 saturated carbocycles. The summed E-state index contributed by atoms with van der Waals surface area (Å²) in [6, 6.07) is 11.4. The van der Waals surface area contributed by atoms with E-state index < -0.39 is 23.4 Å². The molecule has 3 heterocycles. The second kappa shape index (κ2) is 11.7. The van der Waals surface area contributed by atoms with E-state index in [2.05, 4.69) is 16.5 Å². The molecular formula is C32H31ClF3N5O2. The number of ether oxygens (including phenoxy) is 1. The summed E-state index contributed by atoms with van der Waals surface area (Å²) < 4.78 is 50.7. The van der Waals surface area contributed by atoms with Crippen molar-refractivity contribution in [2.75, 3.05) is 44.7 Å². The largest absolute Gasteiger partial charge is 0.462 e. The highest BCUT2D eigenvalue weighted by Gasteiger charge is 2.31. The Morgan fingerprint density at radius 3 is 2.63 bits per heavy atom. The minimum atomic E-state index is -1.01. The smallest absolute Gasteiger partial charge is 0.319 e. The summed E-state index contributed by atoms with van der Waals surface area (Å²) >= 11 is 6.38. The van der Waals surface area contributed by atoms with Gasteiger partial charge in [-0.15, -0.1) is 0 Å². The Hall–Kier alpha value is -3.89. The summed E-state index contributed by atoms with van der Waals surface area (Å²) in [5.41, 5.74) is 0.690. The van der Waals surface area contributed by atoms with E-state index in [0.717, 1.165) is 19.4 Å². The van der Waals surface area contributed by atoms with Gasteiger partial charge in [0.25, 0.3) is 5.91 Å². The lowest BCUT2D eigenvalue weighted by Crippen LogP contribution is -2.54. The third-order valence-electron chi connectivity index (χ3n) is 8.49. The van der Waals surface area contributed by atoms with Gasteiger partial charge in [0.1, 0.15) is 23.8 Å². The van der Waals surface area contributed by atoms with E-state index in [4.69, 9.17) is 21.3 Å². The fraction of sp³-hybridized carbons (Fsp3) is 0.344. The number of hydrogen-bond acceptors (Lipinski definition) is 6. The first-order valence-corrected chi connectivity index (χ1v) is 14.6. The predicted molar refractivity (Wildman–Crippen MR) is 162 cm³/mol. The minimum absolute atomic E-state index is 0.0312. The van der Waals surface area contributed by atoms with Crippen LogP contribution < -0.4 is 9.64 Å². The lowest BCUT2D eigenvalue weighted by molar-refractivity contribution is -0.129. The zero-order chi connectivity index (χ0) is 30.4. The Bertz CT molecular complexity index is 1750. The Kier molecular flexibility index (Phi) is 7.91. The highest BCUT2D eigenvalue weighted by atomic mass is 35.5. The molecule has 11 heteroatoms. The number of anilines is 1. The molecule has 43 heavy (non-hydrogen) atoms. The van der Waals surface area contributed by atoms with Crippen molar-refractivity contribution in [2.24, 2.45) is 0 Å². The van der Waals surface area contributed by atoms with Crippen LogP contribution in [0.2, 0.25) is 5.02 Å². The number of amides is 1. The quantitative estimate of drug-likeness (QED) is 0.237. The van der Waals surface area contributed by atoms with Gasteiger partial charge in [0.15, 0.2) is 11.6 Å². The van der Waals surface area contributed by atoms with Crippen molar-refractivity contribution in [2.45, 2.75) is 31.8 Å². The van der Waals surface area contributed by atoms with E-state index in [1.54, 1.807) is 36.4 Å². The van der Waals surface area contributed by atoms with Gasteiger partial charge in [0.05, 0.1) is 5.02 Å². The van der Waals surface area contributed by atoms with Crippen molar-refractivity contribution >= 4 is 45.0 Å². The summed E-state index contributed by atoms with van der Waals surface area (Å²) in [4.78, 5) is 27.1. The molecule has 2 aliphatic rings. The SMILES string of the molecule is C=C(F)C(=O)N1CCN(c2nc(OC[C@@H]3CCCN3C)nc3c(F)c(-c4cccc5ccc(F)c(Cl)c45)ccc23)[C@@H](C)C1. The second-order valence-electron chi connectivity index (χ2n) is 11.2. The maximum Gasteiger partial charge on any atom is 0.319 e. The molecule has 0 N–H and O–H groups in total. The number of aromatic nitrogens is 2. The van der Waals surface area contributed by atoms with Crippen molar-refractivity contribution in [3.8, 4) is 17.1 Å². The molecule has 6 rings (SSSR count). The summed E-state index contributed by atoms with van der Waals surface area (Å²) in [5, 5.41) is 1.44. The Labute approximate surface area is 252 Å². The van der Waals surface area contributed by atoms with Gasteiger partial charge in [-0.05, 0) is 56.4 Å². The fourth-order valence-electron chi connectivity index (χ4n) is 6.14. The molecule has 0 unspecified atom stereocenters. The van der Waals surface area contributed by atoms with Gasteiger partial charge in [-0.1, -0.05) is 48.5 Å². The molecule has 224 valence electrons. The van der Waals surface area contributed by atoms with Gasteiger partial charge >= 0.3 is 6.01 Å². The Morgan fingerprint density at radius 2 is 1.91 bits per heavy atom. The topological polar surface area (TPSA) is 61.8 Å². The summed E-state index contributed by atoms with van der Waals surface area (Å²) in [7, 11) is 2.03. The molecule has 1 aromatic heterocycles. The summed E-state index contributed by atoms with van der Waals surface area (Å²) in [6.07, 6.45) is 2.03. The maximum atomic E-state index is 16.6. The first kappa shape index (κ1) is 29.2. The zero-order valence-electron chi connectivity index (χ0n) is 23.9. The van der Waals surface area contributed by atoms with Crippen LogP contribution in [-0.4, -0.2) is 77.6 Å². The monoisotopic (exact) mass is 609 g/mol. The van der Waals surface area contributed by atoms with Crippen LogP contribution in [0.3, 0.4) is 0 Å². The number of fused-ring (bicyclic) bond motifs is 2. The fourth-order valence-corrected chi connectivity index (χ4v) is 6.41. The van der Waals surface area contributed by atoms with Crippen LogP contribution in [0.5, 0.6) is 6.01 Å². The van der Waals surface area contributed by atoms with E-state index in [1.165, 1.54) is 11.0 Å². The maximum absolute atomic E-state index is 16.6. The van der Waals surface area contributed by atoms with E-state index in [9.17, 15) is 13.6 Å². The molecule has 4 aromatic rings. The number of rotatable bonds is 6. The number of carbonyl (C=O) groups is 1. The average molecular weight is 610 g/mol. The number of halogens is 4. The van der Waals surface area contributed by atoms with E-state index in [-0.39, 0.29) is 47.3 Å². The molecule has 3 aromatic carbocycles. The average Bonchev–Trinajstić information content (AvgIpc) is 3.41. The number of nitrogens with zero attached hydrogens (tertiary/aromatic N) is 5. The highest BCUT2D eigenvalue weighted by Crippen LogP contribution is 2.40. The number of likely N-dealkylation sites (tertiary alicyclic amines) is 1. The predicted octanol–water partition coefficient (Wildman–Crippen LogP) is 6.37. The molecule has 0 aliphatic carbocycles. The third kappa shape index (κ3) is 5.38. The van der Waals surface area contributed by atoms with Crippen LogP contribution in [0.4, 0.5) is 19.0 Å². The lowest BCUT2D eigenvalue weighted by atomic mass is 9.96. The number of hydrogen-bond donors (Lipinski definition) is 0. The van der Waals surface area contributed by atoms with Crippen molar-refractivity contribution in [3.05, 3.63) is 71.5 Å². The molecule has 2 aliphatic heterocycles.